The van der Waals surface area contributed by atoms with E-state index in [2.05, 4.69) is 21.7 Å². The van der Waals surface area contributed by atoms with Crippen LogP contribution < -0.4 is 9.64 Å². The number of rotatable bonds is 11. The van der Waals surface area contributed by atoms with Crippen molar-refractivity contribution in [1.29, 1.82) is 5.26 Å². The molecule has 0 N–H and O–H groups in total. The highest BCUT2D eigenvalue weighted by molar-refractivity contribution is 7.80. The molecule has 0 bridgehead atoms. The van der Waals surface area contributed by atoms with Gasteiger partial charge in [0.1, 0.15) is 12.1 Å². The molecule has 242 valence electrons. The Morgan fingerprint density at radius 2 is 1.89 bits per heavy atom. The van der Waals surface area contributed by atoms with E-state index in [9.17, 15) is 18.0 Å². The van der Waals surface area contributed by atoms with Crippen LogP contribution in [0.25, 0.3) is 0 Å². The minimum absolute atomic E-state index is 0.0328. The smallest absolute Gasteiger partial charge is 0.417 e. The Balaban J connectivity index is 1.13. The molecule has 0 radical (unpaired) electrons. The van der Waals surface area contributed by atoms with Gasteiger partial charge in [0.05, 0.1) is 22.9 Å². The summed E-state index contributed by atoms with van der Waals surface area (Å²) in [6.07, 6.45) is 3.45. The minimum atomic E-state index is -4.75. The predicted molar refractivity (Wildman–Crippen MR) is 170 cm³/mol. The Morgan fingerprint density at radius 3 is 2.47 bits per heavy atom. The number of carbonyl (C=O) groups is 1. The summed E-state index contributed by atoms with van der Waals surface area (Å²) >= 11 is 5.60. The molecule has 1 amide bonds. The Bertz CT molecular complexity index is 1420. The minimum Gasteiger partial charge on any atom is -0.476 e. The summed E-state index contributed by atoms with van der Waals surface area (Å²) in [5.74, 6) is 0.823. The summed E-state index contributed by atoms with van der Waals surface area (Å²) in [5.41, 5.74) is -2.00. The first-order valence-electron chi connectivity index (χ1n) is 15.7. The van der Waals surface area contributed by atoms with Crippen molar-refractivity contribution in [2.24, 2.45) is 5.92 Å². The molecule has 2 aliphatic heterocycles. The van der Waals surface area contributed by atoms with Crippen LogP contribution in [0.2, 0.25) is 0 Å². The number of hydrogen-bond acceptors (Lipinski definition) is 7. The van der Waals surface area contributed by atoms with E-state index >= 15 is 0 Å². The van der Waals surface area contributed by atoms with Crippen LogP contribution in [0.5, 0.6) is 5.88 Å². The fourth-order valence-electron chi connectivity index (χ4n) is 6.40. The van der Waals surface area contributed by atoms with Crippen molar-refractivity contribution in [1.82, 2.24) is 19.7 Å². The number of likely N-dealkylation sites (tertiary alicyclic amines) is 1. The molecule has 1 saturated carbocycles. The molecular formula is C33H41F3N6O2S. The molecule has 1 aromatic heterocycles. The average molecular weight is 643 g/mol. The highest BCUT2D eigenvalue weighted by Gasteiger charge is 2.50. The Kier molecular flexibility index (Phi) is 10.0. The molecule has 0 unspecified atom stereocenters. The largest absolute Gasteiger partial charge is 0.476 e. The third-order valence-electron chi connectivity index (χ3n) is 9.50. The van der Waals surface area contributed by atoms with Crippen molar-refractivity contribution in [3.05, 3.63) is 53.2 Å². The zero-order chi connectivity index (χ0) is 32.4. The summed E-state index contributed by atoms with van der Waals surface area (Å²) < 4.78 is 46.7. The van der Waals surface area contributed by atoms with Crippen molar-refractivity contribution in [2.45, 2.75) is 77.2 Å². The summed E-state index contributed by atoms with van der Waals surface area (Å²) in [4.78, 5) is 25.7. The van der Waals surface area contributed by atoms with Crippen molar-refractivity contribution in [3.63, 3.8) is 0 Å². The van der Waals surface area contributed by atoms with Crippen LogP contribution in [-0.4, -0.2) is 81.6 Å². The first-order chi connectivity index (χ1) is 21.4. The standard InChI is InChI=1S/C33H41F3N6O2S/c1-4-40(26-6-5-7-26)21-23-12-14-39(15-13-23)16-17-44-29-11-8-24(20-38-29)22-41-31(45)42(30(43)32(41,2)3)27-10-9-25(19-37)28(18-27)33(34,35)36/h8-11,18,20,23,26H,4-7,12-17,21-22H2,1-3H3. The molecule has 1 aliphatic carbocycles. The van der Waals surface area contributed by atoms with Gasteiger partial charge in [0.2, 0.25) is 5.88 Å². The van der Waals surface area contributed by atoms with Crippen LogP contribution in [0.15, 0.2) is 36.5 Å². The van der Waals surface area contributed by atoms with Crippen LogP contribution >= 0.6 is 12.2 Å². The number of nitriles is 1. The van der Waals surface area contributed by atoms with Gasteiger partial charge in [0, 0.05) is 37.9 Å². The van der Waals surface area contributed by atoms with E-state index in [0.717, 1.165) is 60.7 Å². The SMILES string of the molecule is CCN(CC1CCN(CCOc2ccc(CN3C(=S)N(c4ccc(C#N)c(C(F)(F)F)c4)C(=O)C3(C)C)cn2)CC1)C1CCC1. The first-order valence-corrected chi connectivity index (χ1v) is 16.1. The van der Waals surface area contributed by atoms with Gasteiger partial charge in [0.15, 0.2) is 5.11 Å². The number of anilines is 1. The van der Waals surface area contributed by atoms with E-state index in [1.807, 2.05) is 6.07 Å². The number of alkyl halides is 3. The number of benzene rings is 1. The molecule has 1 aromatic carbocycles. The van der Waals surface area contributed by atoms with Gasteiger partial charge in [-0.05, 0) is 101 Å². The number of ether oxygens (including phenoxy) is 1. The second kappa shape index (κ2) is 13.6. The van der Waals surface area contributed by atoms with E-state index in [1.165, 1.54) is 44.7 Å². The fourth-order valence-corrected chi connectivity index (χ4v) is 6.88. The van der Waals surface area contributed by atoms with Gasteiger partial charge in [-0.15, -0.1) is 0 Å². The maximum atomic E-state index is 13.6. The van der Waals surface area contributed by atoms with E-state index in [-0.39, 0.29) is 17.3 Å². The Hall–Kier alpha value is -3.27. The molecule has 3 aliphatic rings. The van der Waals surface area contributed by atoms with Crippen LogP contribution in [0.3, 0.4) is 0 Å². The molecule has 8 nitrogen and oxygen atoms in total. The van der Waals surface area contributed by atoms with Gasteiger partial charge in [-0.25, -0.2) is 4.98 Å². The Morgan fingerprint density at radius 1 is 1.16 bits per heavy atom. The number of piperidine rings is 1. The van der Waals surface area contributed by atoms with Crippen molar-refractivity contribution in [2.75, 3.05) is 44.2 Å². The van der Waals surface area contributed by atoms with Crippen molar-refractivity contribution in [3.8, 4) is 11.9 Å². The second-order valence-corrected chi connectivity index (χ2v) is 13.1. The lowest BCUT2D eigenvalue weighted by molar-refractivity contribution is -0.137. The highest BCUT2D eigenvalue weighted by atomic mass is 32.1. The van der Waals surface area contributed by atoms with Gasteiger partial charge < -0.3 is 14.5 Å². The molecule has 3 heterocycles. The van der Waals surface area contributed by atoms with E-state index < -0.39 is 28.7 Å². The molecular weight excluding hydrogens is 601 g/mol. The van der Waals surface area contributed by atoms with Gasteiger partial charge in [-0.3, -0.25) is 14.6 Å². The fraction of sp³-hybridized carbons (Fsp3) is 0.576. The molecule has 2 saturated heterocycles. The Labute approximate surface area is 268 Å². The number of pyridine rings is 1. The lowest BCUT2D eigenvalue weighted by Crippen LogP contribution is -2.45. The predicted octanol–water partition coefficient (Wildman–Crippen LogP) is 5.85. The maximum absolute atomic E-state index is 13.6. The van der Waals surface area contributed by atoms with Crippen LogP contribution in [0.1, 0.15) is 69.6 Å². The summed E-state index contributed by atoms with van der Waals surface area (Å²) in [5, 5.41) is 9.22. The van der Waals surface area contributed by atoms with E-state index in [0.29, 0.717) is 12.5 Å². The quantitative estimate of drug-likeness (QED) is 0.283. The number of halogens is 3. The molecule has 3 fully saturated rings. The number of thiocarbonyl (C=S) groups is 1. The lowest BCUT2D eigenvalue weighted by atomic mass is 9.89. The first kappa shape index (κ1) is 33.1. The zero-order valence-electron chi connectivity index (χ0n) is 26.1. The van der Waals surface area contributed by atoms with Crippen LogP contribution in [0.4, 0.5) is 18.9 Å². The van der Waals surface area contributed by atoms with Gasteiger partial charge in [0.25, 0.3) is 5.91 Å². The molecule has 12 heteroatoms. The number of nitrogens with zero attached hydrogens (tertiary/aromatic N) is 6. The van der Waals surface area contributed by atoms with Crippen molar-refractivity contribution >= 4 is 28.9 Å². The maximum Gasteiger partial charge on any atom is 0.417 e. The van der Waals surface area contributed by atoms with Gasteiger partial charge in [-0.2, -0.15) is 18.4 Å². The van der Waals surface area contributed by atoms with E-state index in [4.69, 9.17) is 22.2 Å². The van der Waals surface area contributed by atoms with Crippen LogP contribution in [0, 0.1) is 17.2 Å². The average Bonchev–Trinajstić information content (AvgIpc) is 3.15. The molecule has 0 atom stereocenters. The normalized spacial score (nSPS) is 19.7. The summed E-state index contributed by atoms with van der Waals surface area (Å²) in [6, 6.07) is 9.17. The third-order valence-corrected chi connectivity index (χ3v) is 9.91. The summed E-state index contributed by atoms with van der Waals surface area (Å²) in [7, 11) is 0. The molecule has 45 heavy (non-hydrogen) atoms. The second-order valence-electron chi connectivity index (χ2n) is 12.7. The third kappa shape index (κ3) is 7.26. The van der Waals surface area contributed by atoms with E-state index in [1.54, 1.807) is 37.1 Å². The van der Waals surface area contributed by atoms with Gasteiger partial charge in [-0.1, -0.05) is 19.4 Å². The molecule has 0 spiro atoms. The molecule has 5 rings (SSSR count). The monoisotopic (exact) mass is 642 g/mol. The molecule has 2 aromatic rings. The van der Waals surface area contributed by atoms with Crippen molar-refractivity contribution < 1.29 is 22.7 Å². The lowest BCUT2D eigenvalue weighted by Gasteiger charge is -2.41. The number of carbonyl (C=O) groups excluding carboxylic acids is 1. The highest BCUT2D eigenvalue weighted by Crippen LogP contribution is 2.38. The van der Waals surface area contributed by atoms with Crippen LogP contribution in [-0.2, 0) is 17.5 Å². The summed E-state index contributed by atoms with van der Waals surface area (Å²) in [6.45, 7) is 11.8. The topological polar surface area (TPSA) is 75.9 Å². The van der Waals surface area contributed by atoms with Gasteiger partial charge >= 0.3 is 6.18 Å². The number of aromatic nitrogens is 1. The zero-order valence-corrected chi connectivity index (χ0v) is 27.0. The number of hydrogen-bond donors (Lipinski definition) is 0. The number of amides is 1.